The first-order valence-electron chi connectivity index (χ1n) is 6.29. The quantitative estimate of drug-likeness (QED) is 0.646. The van der Waals surface area contributed by atoms with Crippen molar-refractivity contribution in [1.29, 1.82) is 0 Å². The van der Waals surface area contributed by atoms with Gasteiger partial charge in [0, 0.05) is 18.5 Å². The van der Waals surface area contributed by atoms with Crippen LogP contribution in [0, 0.1) is 0 Å². The van der Waals surface area contributed by atoms with Gasteiger partial charge in [0.25, 0.3) is 0 Å². The van der Waals surface area contributed by atoms with Crippen LogP contribution in [-0.2, 0) is 21.1 Å². The van der Waals surface area contributed by atoms with Crippen LogP contribution in [0.15, 0.2) is 24.3 Å². The number of anilines is 1. The Labute approximate surface area is 123 Å². The summed E-state index contributed by atoms with van der Waals surface area (Å²) < 4.78 is 21.8. The predicted molar refractivity (Wildman–Crippen MR) is 79.1 cm³/mol. The number of benzene rings is 1. The molecule has 2 amide bonds. The summed E-state index contributed by atoms with van der Waals surface area (Å²) in [4.78, 5) is 22.1. The van der Waals surface area contributed by atoms with Gasteiger partial charge in [-0.1, -0.05) is 12.1 Å². The maximum absolute atomic E-state index is 11.5. The Bertz CT molecular complexity index is 595. The number of hydrogen-bond donors (Lipinski definition) is 3. The van der Waals surface area contributed by atoms with E-state index in [9.17, 15) is 18.0 Å². The van der Waals surface area contributed by atoms with Gasteiger partial charge in [-0.3, -0.25) is 4.79 Å². The Morgan fingerprint density at radius 2 is 1.81 bits per heavy atom. The fourth-order valence-electron chi connectivity index (χ4n) is 1.59. The Hall–Kier alpha value is -2.09. The lowest BCUT2D eigenvalue weighted by atomic mass is 10.1. The molecule has 0 aliphatic rings. The monoisotopic (exact) mass is 314 g/mol. The van der Waals surface area contributed by atoms with Gasteiger partial charge in [0.15, 0.2) is 0 Å². The van der Waals surface area contributed by atoms with Crippen molar-refractivity contribution in [1.82, 2.24) is 5.32 Å². The molecule has 0 saturated carbocycles. The van der Waals surface area contributed by atoms with Gasteiger partial charge in [-0.2, -0.15) is 0 Å². The molecule has 8 heteroatoms. The average molecular weight is 314 g/mol. The Balaban J connectivity index is 2.36. The molecule has 0 heterocycles. The molecule has 0 aliphatic heterocycles. The van der Waals surface area contributed by atoms with Crippen molar-refractivity contribution in [3.8, 4) is 0 Å². The van der Waals surface area contributed by atoms with Crippen molar-refractivity contribution in [3.63, 3.8) is 0 Å². The highest BCUT2D eigenvalue weighted by molar-refractivity contribution is 7.90. The highest BCUT2D eigenvalue weighted by Gasteiger charge is 2.05. The van der Waals surface area contributed by atoms with E-state index >= 15 is 0 Å². The van der Waals surface area contributed by atoms with E-state index in [0.717, 1.165) is 6.26 Å². The predicted octanol–water partition coefficient (Wildman–Crippen LogP) is 0.870. The lowest BCUT2D eigenvalue weighted by Crippen LogP contribution is -2.30. The molecule has 0 aromatic heterocycles. The number of carboxylic acids is 1. The molecular weight excluding hydrogens is 296 g/mol. The molecule has 0 unspecified atom stereocenters. The minimum absolute atomic E-state index is 0.0250. The number of hydrogen-bond acceptors (Lipinski definition) is 4. The molecule has 0 aliphatic carbocycles. The second-order valence-electron chi connectivity index (χ2n) is 4.63. The van der Waals surface area contributed by atoms with Crippen LogP contribution in [0.1, 0.15) is 12.0 Å². The van der Waals surface area contributed by atoms with Gasteiger partial charge in [0.05, 0.1) is 12.2 Å². The third-order valence-electron chi connectivity index (χ3n) is 2.54. The summed E-state index contributed by atoms with van der Waals surface area (Å²) in [5.74, 6) is -0.892. The molecule has 1 rings (SSSR count). The number of carbonyl (C=O) groups excluding carboxylic acids is 1. The summed E-state index contributed by atoms with van der Waals surface area (Å²) in [6, 6.07) is 6.01. The van der Waals surface area contributed by atoms with Crippen LogP contribution >= 0.6 is 0 Å². The van der Waals surface area contributed by atoms with Crippen LogP contribution in [0.25, 0.3) is 0 Å². The topological polar surface area (TPSA) is 113 Å². The molecule has 116 valence electrons. The van der Waals surface area contributed by atoms with E-state index in [1.165, 1.54) is 0 Å². The van der Waals surface area contributed by atoms with Crippen molar-refractivity contribution in [2.24, 2.45) is 0 Å². The number of aliphatic carboxylic acids is 1. The molecule has 3 N–H and O–H groups in total. The molecular formula is C13H18N2O5S. The standard InChI is InChI=1S/C13H18N2O5S/c1-21(19,20)8-2-7-14-13(18)15-11-5-3-10(4-6-11)9-12(16)17/h3-6H,2,7-9H2,1H3,(H,16,17)(H2,14,15,18). The maximum atomic E-state index is 11.5. The van der Waals surface area contributed by atoms with E-state index in [0.29, 0.717) is 17.7 Å². The lowest BCUT2D eigenvalue weighted by Gasteiger charge is -2.07. The average Bonchev–Trinajstić information content (AvgIpc) is 2.35. The third kappa shape index (κ3) is 7.93. The molecule has 0 fully saturated rings. The van der Waals surface area contributed by atoms with E-state index in [4.69, 9.17) is 5.11 Å². The number of carbonyl (C=O) groups is 2. The number of sulfone groups is 1. The number of urea groups is 1. The van der Waals surface area contributed by atoms with E-state index in [-0.39, 0.29) is 18.7 Å². The van der Waals surface area contributed by atoms with E-state index in [2.05, 4.69) is 10.6 Å². The first-order chi connectivity index (χ1) is 9.76. The molecule has 0 saturated heterocycles. The van der Waals surface area contributed by atoms with Crippen LogP contribution in [0.5, 0.6) is 0 Å². The Morgan fingerprint density at radius 1 is 1.19 bits per heavy atom. The summed E-state index contributed by atoms with van der Waals surface area (Å²) in [7, 11) is -3.02. The Morgan fingerprint density at radius 3 is 2.33 bits per heavy atom. The van der Waals surface area contributed by atoms with Crippen molar-refractivity contribution >= 4 is 27.5 Å². The number of nitrogens with one attached hydrogen (secondary N) is 2. The van der Waals surface area contributed by atoms with E-state index in [1.54, 1.807) is 24.3 Å². The van der Waals surface area contributed by atoms with Gasteiger partial charge < -0.3 is 15.7 Å². The van der Waals surface area contributed by atoms with Gasteiger partial charge in [-0.25, -0.2) is 13.2 Å². The zero-order valence-corrected chi connectivity index (χ0v) is 12.4. The molecule has 1 aromatic carbocycles. The molecule has 0 spiro atoms. The summed E-state index contributed by atoms with van der Waals surface area (Å²) in [5.41, 5.74) is 1.17. The van der Waals surface area contributed by atoms with Gasteiger partial charge >= 0.3 is 12.0 Å². The third-order valence-corrected chi connectivity index (χ3v) is 3.57. The summed E-state index contributed by atoms with van der Waals surface area (Å²) in [6.45, 7) is 0.260. The SMILES string of the molecule is CS(=O)(=O)CCCNC(=O)Nc1ccc(CC(=O)O)cc1. The zero-order chi connectivity index (χ0) is 15.9. The fraction of sp³-hybridized carbons (Fsp3) is 0.385. The highest BCUT2D eigenvalue weighted by atomic mass is 32.2. The van der Waals surface area contributed by atoms with Gasteiger partial charge in [0.2, 0.25) is 0 Å². The first-order valence-corrected chi connectivity index (χ1v) is 8.35. The van der Waals surface area contributed by atoms with Gasteiger partial charge in [0.1, 0.15) is 9.84 Å². The fourth-order valence-corrected chi connectivity index (χ4v) is 2.26. The van der Waals surface area contributed by atoms with Gasteiger partial charge in [-0.05, 0) is 24.1 Å². The molecule has 7 nitrogen and oxygen atoms in total. The summed E-state index contributed by atoms with van der Waals surface area (Å²) in [5, 5.41) is 13.8. The second-order valence-corrected chi connectivity index (χ2v) is 6.89. The van der Waals surface area contributed by atoms with Crippen LogP contribution in [0.4, 0.5) is 10.5 Å². The van der Waals surface area contributed by atoms with Crippen molar-refractivity contribution in [2.45, 2.75) is 12.8 Å². The molecule has 0 bridgehead atoms. The van der Waals surface area contributed by atoms with Crippen LogP contribution in [0.3, 0.4) is 0 Å². The van der Waals surface area contributed by atoms with Crippen LogP contribution in [0.2, 0.25) is 0 Å². The minimum Gasteiger partial charge on any atom is -0.481 e. The zero-order valence-electron chi connectivity index (χ0n) is 11.6. The van der Waals surface area contributed by atoms with Crippen LogP contribution < -0.4 is 10.6 Å². The van der Waals surface area contributed by atoms with Crippen molar-refractivity contribution in [3.05, 3.63) is 29.8 Å². The lowest BCUT2D eigenvalue weighted by molar-refractivity contribution is -0.136. The number of carboxylic acid groups (broad SMARTS) is 1. The van der Waals surface area contributed by atoms with E-state index < -0.39 is 21.8 Å². The Kier molecular flexibility index (Phi) is 6.16. The maximum Gasteiger partial charge on any atom is 0.319 e. The van der Waals surface area contributed by atoms with Crippen molar-refractivity contribution in [2.75, 3.05) is 23.9 Å². The molecule has 0 radical (unpaired) electrons. The summed E-state index contributed by atoms with van der Waals surface area (Å²) in [6.07, 6.45) is 1.42. The molecule has 21 heavy (non-hydrogen) atoms. The molecule has 0 atom stereocenters. The summed E-state index contributed by atoms with van der Waals surface area (Å²) >= 11 is 0. The smallest absolute Gasteiger partial charge is 0.319 e. The highest BCUT2D eigenvalue weighted by Crippen LogP contribution is 2.09. The molecule has 1 aromatic rings. The first kappa shape index (κ1) is 17.0. The van der Waals surface area contributed by atoms with E-state index in [1.807, 2.05) is 0 Å². The van der Waals surface area contributed by atoms with Gasteiger partial charge in [-0.15, -0.1) is 0 Å². The van der Waals surface area contributed by atoms with Crippen LogP contribution in [-0.4, -0.2) is 44.1 Å². The second kappa shape index (κ2) is 7.63. The largest absolute Gasteiger partial charge is 0.481 e. The minimum atomic E-state index is -3.02. The normalized spacial score (nSPS) is 10.9. The number of amides is 2. The van der Waals surface area contributed by atoms with Crippen molar-refractivity contribution < 1.29 is 23.1 Å². The number of rotatable bonds is 7.